The Morgan fingerprint density at radius 3 is 2.55 bits per heavy atom. The fourth-order valence-corrected chi connectivity index (χ4v) is 2.23. The molecule has 2 aromatic rings. The molecule has 0 saturated heterocycles. The predicted molar refractivity (Wildman–Crippen MR) is 69.8 cm³/mol. The minimum absolute atomic E-state index is 0.0444. The van der Waals surface area contributed by atoms with E-state index in [4.69, 9.17) is 10.9 Å². The summed E-state index contributed by atoms with van der Waals surface area (Å²) in [6, 6.07) is 3.64. The van der Waals surface area contributed by atoms with Crippen LogP contribution in [0.25, 0.3) is 0 Å². The summed E-state index contributed by atoms with van der Waals surface area (Å²) in [5, 5.41) is 11.4. The van der Waals surface area contributed by atoms with E-state index in [1.807, 2.05) is 0 Å². The minimum atomic E-state index is -0.832. The molecular weight excluding hydrogens is 286 g/mol. The van der Waals surface area contributed by atoms with Crippen molar-refractivity contribution in [2.24, 2.45) is 10.9 Å². The molecule has 8 heteroatoms. The number of hydrogen-bond acceptors (Lipinski definition) is 5. The Morgan fingerprint density at radius 2 is 2.00 bits per heavy atom. The zero-order valence-electron chi connectivity index (χ0n) is 10.3. The molecule has 0 aliphatic heterocycles. The highest BCUT2D eigenvalue weighted by Crippen LogP contribution is 2.30. The van der Waals surface area contributed by atoms with Gasteiger partial charge in [0.15, 0.2) is 11.0 Å². The van der Waals surface area contributed by atoms with Crippen molar-refractivity contribution < 1.29 is 14.0 Å². The Labute approximate surface area is 117 Å². The molecule has 0 radical (unpaired) electrons. The summed E-state index contributed by atoms with van der Waals surface area (Å²) < 4.78 is 27.8. The second kappa shape index (κ2) is 5.83. The van der Waals surface area contributed by atoms with Crippen LogP contribution in [0.1, 0.15) is 11.3 Å². The van der Waals surface area contributed by atoms with Crippen molar-refractivity contribution in [3.63, 3.8) is 0 Å². The van der Waals surface area contributed by atoms with Crippen molar-refractivity contribution in [2.75, 3.05) is 0 Å². The summed E-state index contributed by atoms with van der Waals surface area (Å²) in [4.78, 5) is 7.73. The fourth-order valence-electron chi connectivity index (χ4n) is 1.43. The van der Waals surface area contributed by atoms with Crippen LogP contribution in [0.3, 0.4) is 0 Å². The van der Waals surface area contributed by atoms with E-state index in [0.717, 1.165) is 23.9 Å². The number of nitrogens with zero attached hydrogens (tertiary/aromatic N) is 3. The van der Waals surface area contributed by atoms with Gasteiger partial charge in [0, 0.05) is 17.5 Å². The number of rotatable bonds is 3. The summed E-state index contributed by atoms with van der Waals surface area (Å²) in [6.45, 7) is 1.75. The highest BCUT2D eigenvalue weighted by Gasteiger charge is 2.15. The average molecular weight is 296 g/mol. The number of benzene rings is 1. The maximum atomic E-state index is 13.9. The van der Waals surface area contributed by atoms with Crippen LogP contribution in [0.15, 0.2) is 39.6 Å². The van der Waals surface area contributed by atoms with Crippen LogP contribution in [0.5, 0.6) is 0 Å². The van der Waals surface area contributed by atoms with E-state index in [2.05, 4.69) is 15.1 Å². The van der Waals surface area contributed by atoms with Crippen LogP contribution in [0.4, 0.5) is 8.78 Å². The van der Waals surface area contributed by atoms with Gasteiger partial charge in [-0.25, -0.2) is 18.7 Å². The molecule has 0 aliphatic rings. The van der Waals surface area contributed by atoms with Gasteiger partial charge >= 0.3 is 0 Å². The third-order valence-corrected chi connectivity index (χ3v) is 3.34. The van der Waals surface area contributed by atoms with Gasteiger partial charge in [0.1, 0.15) is 11.6 Å². The standard InChI is InChI=1S/C12H10F2N4OS/c1-6-2-3-16-12(17-6)20-10-8(13)4-7(5-9(10)14)11(15)18-19/h2-5,19H,1H3,(H2,15,18). The average Bonchev–Trinajstić information content (AvgIpc) is 2.42. The first kappa shape index (κ1) is 14.2. The number of amidine groups is 1. The predicted octanol–water partition coefficient (Wildman–Crippen LogP) is 2.31. The second-order valence-corrected chi connectivity index (χ2v) is 4.81. The lowest BCUT2D eigenvalue weighted by Crippen LogP contribution is -2.14. The van der Waals surface area contributed by atoms with Crippen LogP contribution in [-0.4, -0.2) is 21.0 Å². The molecule has 0 unspecified atom stereocenters. The smallest absolute Gasteiger partial charge is 0.192 e. The Hall–Kier alpha value is -2.22. The van der Waals surface area contributed by atoms with Crippen molar-refractivity contribution in [2.45, 2.75) is 17.0 Å². The van der Waals surface area contributed by atoms with Crippen LogP contribution >= 0.6 is 11.8 Å². The van der Waals surface area contributed by atoms with Gasteiger partial charge in [0.2, 0.25) is 0 Å². The Kier molecular flexibility index (Phi) is 4.14. The number of hydrogen-bond donors (Lipinski definition) is 2. The molecule has 0 fully saturated rings. The SMILES string of the molecule is Cc1ccnc(Sc2c(F)cc(/C(N)=N/O)cc2F)n1. The van der Waals surface area contributed by atoms with Gasteiger partial charge in [-0.1, -0.05) is 5.16 Å². The molecule has 0 spiro atoms. The van der Waals surface area contributed by atoms with Gasteiger partial charge in [-0.15, -0.1) is 0 Å². The lowest BCUT2D eigenvalue weighted by Gasteiger charge is -2.06. The van der Waals surface area contributed by atoms with Crippen LogP contribution in [0, 0.1) is 18.6 Å². The van der Waals surface area contributed by atoms with Gasteiger partial charge in [0.25, 0.3) is 0 Å². The Balaban J connectivity index is 2.38. The van der Waals surface area contributed by atoms with Crippen molar-refractivity contribution in [1.82, 2.24) is 9.97 Å². The molecular formula is C12H10F2N4OS. The third-order valence-electron chi connectivity index (χ3n) is 2.37. The Morgan fingerprint density at radius 1 is 1.35 bits per heavy atom. The van der Waals surface area contributed by atoms with E-state index in [1.54, 1.807) is 13.0 Å². The van der Waals surface area contributed by atoms with Crippen LogP contribution in [0.2, 0.25) is 0 Å². The first-order valence-electron chi connectivity index (χ1n) is 5.45. The molecule has 0 amide bonds. The number of aryl methyl sites for hydroxylation is 1. The first-order chi connectivity index (χ1) is 9.51. The van der Waals surface area contributed by atoms with Gasteiger partial charge in [-0.05, 0) is 36.9 Å². The number of aromatic nitrogens is 2. The molecule has 1 aromatic heterocycles. The summed E-state index contributed by atoms with van der Waals surface area (Å²) in [5.74, 6) is -2.03. The third kappa shape index (κ3) is 3.02. The van der Waals surface area contributed by atoms with Crippen molar-refractivity contribution in [1.29, 1.82) is 0 Å². The van der Waals surface area contributed by atoms with Gasteiger partial charge < -0.3 is 10.9 Å². The van der Waals surface area contributed by atoms with Crippen LogP contribution < -0.4 is 5.73 Å². The molecule has 3 N–H and O–H groups in total. The van der Waals surface area contributed by atoms with Gasteiger partial charge in [-0.2, -0.15) is 0 Å². The summed E-state index contributed by atoms with van der Waals surface area (Å²) in [6.07, 6.45) is 1.51. The lowest BCUT2D eigenvalue weighted by atomic mass is 10.2. The van der Waals surface area contributed by atoms with E-state index in [9.17, 15) is 8.78 Å². The molecule has 1 aromatic carbocycles. The highest BCUT2D eigenvalue weighted by atomic mass is 32.2. The molecule has 104 valence electrons. The zero-order valence-corrected chi connectivity index (χ0v) is 11.2. The maximum Gasteiger partial charge on any atom is 0.192 e. The molecule has 2 rings (SSSR count). The first-order valence-corrected chi connectivity index (χ1v) is 6.27. The zero-order chi connectivity index (χ0) is 14.7. The molecule has 0 aliphatic carbocycles. The van der Waals surface area contributed by atoms with E-state index in [0.29, 0.717) is 5.69 Å². The second-order valence-electron chi connectivity index (χ2n) is 3.84. The van der Waals surface area contributed by atoms with Crippen molar-refractivity contribution in [3.05, 3.63) is 47.3 Å². The molecule has 0 bridgehead atoms. The number of nitrogens with two attached hydrogens (primary N) is 1. The lowest BCUT2D eigenvalue weighted by molar-refractivity contribution is 0.318. The summed E-state index contributed by atoms with van der Waals surface area (Å²) >= 11 is 0.768. The van der Waals surface area contributed by atoms with E-state index in [-0.39, 0.29) is 21.5 Å². The minimum Gasteiger partial charge on any atom is -0.409 e. The van der Waals surface area contributed by atoms with E-state index in [1.165, 1.54) is 6.20 Å². The molecule has 0 atom stereocenters. The topological polar surface area (TPSA) is 84.4 Å². The maximum absolute atomic E-state index is 13.9. The fraction of sp³-hybridized carbons (Fsp3) is 0.0833. The number of oxime groups is 1. The number of halogens is 2. The largest absolute Gasteiger partial charge is 0.409 e. The van der Waals surface area contributed by atoms with E-state index >= 15 is 0 Å². The van der Waals surface area contributed by atoms with E-state index < -0.39 is 11.6 Å². The summed E-state index contributed by atoms with van der Waals surface area (Å²) in [5.41, 5.74) is 5.94. The Bertz CT molecular complexity index is 655. The van der Waals surface area contributed by atoms with Crippen LogP contribution in [-0.2, 0) is 0 Å². The quantitative estimate of drug-likeness (QED) is 0.298. The molecule has 1 heterocycles. The summed E-state index contributed by atoms with van der Waals surface area (Å²) in [7, 11) is 0. The normalized spacial score (nSPS) is 11.7. The van der Waals surface area contributed by atoms with Gasteiger partial charge in [-0.3, -0.25) is 0 Å². The molecule has 0 saturated carbocycles. The molecule has 5 nitrogen and oxygen atoms in total. The van der Waals surface area contributed by atoms with Crippen molar-refractivity contribution >= 4 is 17.6 Å². The molecule has 20 heavy (non-hydrogen) atoms. The van der Waals surface area contributed by atoms with Gasteiger partial charge in [0.05, 0.1) is 4.90 Å². The monoisotopic (exact) mass is 296 g/mol. The van der Waals surface area contributed by atoms with Crippen molar-refractivity contribution in [3.8, 4) is 0 Å². The highest BCUT2D eigenvalue weighted by molar-refractivity contribution is 7.99.